The number of ether oxygens (including phenoxy) is 1. The molecule has 0 aromatic carbocycles. The Morgan fingerprint density at radius 1 is 1.39 bits per heavy atom. The molecule has 1 atom stereocenters. The number of hydrogen-bond acceptors (Lipinski definition) is 4. The van der Waals surface area contributed by atoms with E-state index in [1.54, 1.807) is 23.7 Å². The summed E-state index contributed by atoms with van der Waals surface area (Å²) in [6.07, 6.45) is 3.66. The summed E-state index contributed by atoms with van der Waals surface area (Å²) in [5, 5.41) is 12.2. The first-order chi connectivity index (χ1) is 8.70. The van der Waals surface area contributed by atoms with Crippen molar-refractivity contribution in [3.8, 4) is 5.75 Å². The van der Waals surface area contributed by atoms with Crippen LogP contribution in [0.15, 0.2) is 29.9 Å². The summed E-state index contributed by atoms with van der Waals surface area (Å²) in [6.45, 7) is 2.72. The number of aromatic nitrogens is 1. The van der Waals surface area contributed by atoms with E-state index in [0.29, 0.717) is 12.4 Å². The standard InChI is InChI=1S/C13H14INO2S/c1-2-3-17-11-4-9(6-15-7-11)13(16)10-5-12(14)18-8-10/h4-8,13,16H,2-3H2,1H3. The van der Waals surface area contributed by atoms with Gasteiger partial charge in [-0.2, -0.15) is 0 Å². The largest absolute Gasteiger partial charge is 0.492 e. The first-order valence-electron chi connectivity index (χ1n) is 5.70. The van der Waals surface area contributed by atoms with Gasteiger partial charge in [-0.1, -0.05) is 6.92 Å². The molecule has 2 aromatic rings. The predicted molar refractivity (Wildman–Crippen MR) is 81.1 cm³/mol. The number of rotatable bonds is 5. The molecule has 1 N–H and O–H groups in total. The highest BCUT2D eigenvalue weighted by Gasteiger charge is 2.13. The molecule has 0 bridgehead atoms. The van der Waals surface area contributed by atoms with Crippen molar-refractivity contribution in [2.75, 3.05) is 6.61 Å². The summed E-state index contributed by atoms with van der Waals surface area (Å²) in [6, 6.07) is 3.83. The number of halogens is 1. The lowest BCUT2D eigenvalue weighted by Crippen LogP contribution is -2.01. The fraction of sp³-hybridized carbons (Fsp3) is 0.308. The van der Waals surface area contributed by atoms with Crippen LogP contribution in [-0.2, 0) is 0 Å². The number of aliphatic hydroxyl groups is 1. The first-order valence-corrected chi connectivity index (χ1v) is 7.66. The second-order valence-corrected chi connectivity index (χ2v) is 6.69. The average molecular weight is 375 g/mol. The van der Waals surface area contributed by atoms with Gasteiger partial charge in [0.2, 0.25) is 0 Å². The molecular weight excluding hydrogens is 361 g/mol. The van der Waals surface area contributed by atoms with Crippen LogP contribution in [0.1, 0.15) is 30.6 Å². The Morgan fingerprint density at radius 2 is 2.22 bits per heavy atom. The summed E-state index contributed by atoms with van der Waals surface area (Å²) in [7, 11) is 0. The average Bonchev–Trinajstić information content (AvgIpc) is 2.82. The van der Waals surface area contributed by atoms with Crippen molar-refractivity contribution in [2.24, 2.45) is 0 Å². The SMILES string of the molecule is CCCOc1cncc(C(O)c2csc(I)c2)c1. The molecule has 96 valence electrons. The van der Waals surface area contributed by atoms with E-state index >= 15 is 0 Å². The maximum absolute atomic E-state index is 10.3. The van der Waals surface area contributed by atoms with E-state index in [2.05, 4.69) is 34.5 Å². The smallest absolute Gasteiger partial charge is 0.137 e. The van der Waals surface area contributed by atoms with E-state index in [1.807, 2.05) is 17.5 Å². The molecule has 0 saturated carbocycles. The van der Waals surface area contributed by atoms with E-state index in [0.717, 1.165) is 20.4 Å². The molecule has 2 heterocycles. The van der Waals surface area contributed by atoms with Crippen molar-refractivity contribution in [3.63, 3.8) is 0 Å². The molecule has 0 aliphatic rings. The quantitative estimate of drug-likeness (QED) is 0.812. The summed E-state index contributed by atoms with van der Waals surface area (Å²) in [4.78, 5) is 4.11. The van der Waals surface area contributed by atoms with Crippen LogP contribution in [0.25, 0.3) is 0 Å². The molecule has 0 amide bonds. The third-order valence-corrected chi connectivity index (χ3v) is 4.23. The molecule has 3 nitrogen and oxygen atoms in total. The van der Waals surface area contributed by atoms with E-state index in [-0.39, 0.29) is 0 Å². The van der Waals surface area contributed by atoms with E-state index < -0.39 is 6.10 Å². The second kappa shape index (κ2) is 6.49. The van der Waals surface area contributed by atoms with Gasteiger partial charge in [-0.05, 0) is 52.1 Å². The minimum absolute atomic E-state index is 0.637. The molecule has 0 radical (unpaired) electrons. The Labute approximate surface area is 124 Å². The number of pyridine rings is 1. The third-order valence-electron chi connectivity index (χ3n) is 2.43. The van der Waals surface area contributed by atoms with Crippen LogP contribution in [0.3, 0.4) is 0 Å². The highest BCUT2D eigenvalue weighted by atomic mass is 127. The Morgan fingerprint density at radius 3 is 2.89 bits per heavy atom. The van der Waals surface area contributed by atoms with Crippen molar-refractivity contribution in [3.05, 3.63) is 43.9 Å². The first kappa shape index (κ1) is 13.8. The molecular formula is C13H14INO2S. The maximum Gasteiger partial charge on any atom is 0.137 e. The molecule has 5 heteroatoms. The molecule has 0 aliphatic carbocycles. The van der Waals surface area contributed by atoms with Crippen LogP contribution >= 0.6 is 33.9 Å². The summed E-state index contributed by atoms with van der Waals surface area (Å²) in [5.74, 6) is 0.707. The van der Waals surface area contributed by atoms with Crippen LogP contribution in [-0.4, -0.2) is 16.7 Å². The van der Waals surface area contributed by atoms with Crippen molar-refractivity contribution in [2.45, 2.75) is 19.4 Å². The molecule has 0 spiro atoms. The molecule has 0 aliphatic heterocycles. The van der Waals surface area contributed by atoms with Gasteiger partial charge < -0.3 is 9.84 Å². The minimum Gasteiger partial charge on any atom is -0.492 e. The van der Waals surface area contributed by atoms with Crippen molar-refractivity contribution in [1.29, 1.82) is 0 Å². The van der Waals surface area contributed by atoms with Gasteiger partial charge >= 0.3 is 0 Å². The fourth-order valence-corrected chi connectivity index (χ4v) is 2.93. The van der Waals surface area contributed by atoms with Crippen LogP contribution in [0.4, 0.5) is 0 Å². The van der Waals surface area contributed by atoms with Crippen molar-refractivity contribution >= 4 is 33.9 Å². The maximum atomic E-state index is 10.3. The molecule has 0 saturated heterocycles. The third kappa shape index (κ3) is 3.43. The zero-order valence-electron chi connectivity index (χ0n) is 9.97. The zero-order chi connectivity index (χ0) is 13.0. The van der Waals surface area contributed by atoms with Crippen LogP contribution in [0, 0.1) is 2.88 Å². The molecule has 0 fully saturated rings. The normalized spacial score (nSPS) is 12.4. The molecule has 2 aromatic heterocycles. The highest BCUT2D eigenvalue weighted by Crippen LogP contribution is 2.28. The van der Waals surface area contributed by atoms with E-state index in [1.165, 1.54) is 0 Å². The van der Waals surface area contributed by atoms with Crippen LogP contribution in [0.5, 0.6) is 5.75 Å². The fourth-order valence-electron chi connectivity index (χ4n) is 1.54. The number of nitrogens with zero attached hydrogens (tertiary/aromatic N) is 1. The van der Waals surface area contributed by atoms with Gasteiger partial charge in [0.05, 0.1) is 15.7 Å². The molecule has 18 heavy (non-hydrogen) atoms. The lowest BCUT2D eigenvalue weighted by Gasteiger charge is -2.11. The van der Waals surface area contributed by atoms with Crippen LogP contribution < -0.4 is 4.74 Å². The topological polar surface area (TPSA) is 42.4 Å². The summed E-state index contributed by atoms with van der Waals surface area (Å²) < 4.78 is 6.67. The van der Waals surface area contributed by atoms with Gasteiger partial charge in [-0.15, -0.1) is 11.3 Å². The monoisotopic (exact) mass is 375 g/mol. The number of hydrogen-bond donors (Lipinski definition) is 1. The lowest BCUT2D eigenvalue weighted by molar-refractivity contribution is 0.219. The minimum atomic E-state index is -0.637. The van der Waals surface area contributed by atoms with Crippen molar-refractivity contribution < 1.29 is 9.84 Å². The molecule has 1 unspecified atom stereocenters. The van der Waals surface area contributed by atoms with Gasteiger partial charge in [-0.3, -0.25) is 4.98 Å². The van der Waals surface area contributed by atoms with Gasteiger partial charge in [0.25, 0.3) is 0 Å². The lowest BCUT2D eigenvalue weighted by atomic mass is 10.1. The van der Waals surface area contributed by atoms with Gasteiger partial charge in [0, 0.05) is 11.8 Å². The van der Waals surface area contributed by atoms with Crippen LogP contribution in [0.2, 0.25) is 0 Å². The Hall–Kier alpha value is -0.660. The van der Waals surface area contributed by atoms with Gasteiger partial charge in [-0.25, -0.2) is 0 Å². The summed E-state index contributed by atoms with van der Waals surface area (Å²) >= 11 is 3.87. The van der Waals surface area contributed by atoms with Gasteiger partial charge in [0.15, 0.2) is 0 Å². The van der Waals surface area contributed by atoms with Gasteiger partial charge in [0.1, 0.15) is 11.9 Å². The summed E-state index contributed by atoms with van der Waals surface area (Å²) in [5.41, 5.74) is 1.66. The Balaban J connectivity index is 2.17. The zero-order valence-corrected chi connectivity index (χ0v) is 12.9. The van der Waals surface area contributed by atoms with E-state index in [4.69, 9.17) is 4.74 Å². The number of thiophene rings is 1. The second-order valence-electron chi connectivity index (χ2n) is 3.89. The number of aliphatic hydroxyl groups excluding tert-OH is 1. The predicted octanol–water partition coefficient (Wildman–Crippen LogP) is 3.62. The highest BCUT2D eigenvalue weighted by molar-refractivity contribution is 14.1. The molecule has 2 rings (SSSR count). The Bertz CT molecular complexity index is 515. The van der Waals surface area contributed by atoms with Crippen molar-refractivity contribution in [1.82, 2.24) is 4.98 Å². The van der Waals surface area contributed by atoms with E-state index in [9.17, 15) is 5.11 Å². The Kier molecular flexibility index (Phi) is 4.96.